The smallest absolute Gasteiger partial charge is 0.240 e. The summed E-state index contributed by atoms with van der Waals surface area (Å²) in [5, 5.41) is 2.96. The summed E-state index contributed by atoms with van der Waals surface area (Å²) in [6, 6.07) is 12.2. The second-order valence-electron chi connectivity index (χ2n) is 9.52. The van der Waals surface area contributed by atoms with Gasteiger partial charge in [-0.2, -0.15) is 0 Å². The van der Waals surface area contributed by atoms with Crippen LogP contribution in [-0.2, 0) is 26.0 Å². The van der Waals surface area contributed by atoms with Crippen molar-refractivity contribution in [1.82, 2.24) is 4.72 Å². The molecule has 9 heteroatoms. The van der Waals surface area contributed by atoms with Crippen molar-refractivity contribution in [3.8, 4) is 5.75 Å². The summed E-state index contributed by atoms with van der Waals surface area (Å²) in [6.07, 6.45) is 3.68. The minimum Gasteiger partial charge on any atom is -0.497 e. The van der Waals surface area contributed by atoms with E-state index in [-0.39, 0.29) is 34.6 Å². The van der Waals surface area contributed by atoms with Crippen molar-refractivity contribution in [1.29, 1.82) is 0 Å². The molecule has 35 heavy (non-hydrogen) atoms. The Hall–Kier alpha value is -2.91. The summed E-state index contributed by atoms with van der Waals surface area (Å²) in [7, 11) is -2.06. The first-order valence-electron chi connectivity index (χ1n) is 12.0. The second-order valence-corrected chi connectivity index (χ2v) is 11.3. The molecule has 2 aromatic rings. The van der Waals surface area contributed by atoms with Gasteiger partial charge in [-0.1, -0.05) is 0 Å². The van der Waals surface area contributed by atoms with Gasteiger partial charge in [-0.05, 0) is 93.0 Å². The lowest BCUT2D eigenvalue weighted by molar-refractivity contribution is -0.121. The number of carbonyl (C=O) groups excluding carboxylic acids is 2. The first-order chi connectivity index (χ1) is 16.7. The normalized spacial score (nSPS) is 21.9. The minimum atomic E-state index is -3.66. The van der Waals surface area contributed by atoms with Crippen LogP contribution in [0.25, 0.3) is 0 Å². The van der Waals surface area contributed by atoms with Gasteiger partial charge in [0.1, 0.15) is 5.75 Å². The number of benzene rings is 2. The zero-order valence-electron chi connectivity index (χ0n) is 20.4. The molecule has 0 radical (unpaired) electrons. The molecule has 1 aliphatic carbocycles. The monoisotopic (exact) mass is 499 g/mol. The van der Waals surface area contributed by atoms with Crippen LogP contribution in [0, 0.1) is 11.8 Å². The predicted octanol–water partition coefficient (Wildman–Crippen LogP) is 3.72. The molecule has 2 amide bonds. The molecule has 0 saturated heterocycles. The van der Waals surface area contributed by atoms with Gasteiger partial charge in [0.15, 0.2) is 0 Å². The molecule has 0 bridgehead atoms. The van der Waals surface area contributed by atoms with E-state index in [1.54, 1.807) is 42.3 Å². The van der Waals surface area contributed by atoms with E-state index in [2.05, 4.69) is 10.0 Å². The van der Waals surface area contributed by atoms with Crippen molar-refractivity contribution in [2.45, 2.75) is 56.9 Å². The lowest BCUT2D eigenvalue weighted by Gasteiger charge is -2.28. The van der Waals surface area contributed by atoms with Crippen LogP contribution in [0.1, 0.15) is 45.1 Å². The number of anilines is 2. The van der Waals surface area contributed by atoms with E-state index in [0.29, 0.717) is 13.0 Å². The van der Waals surface area contributed by atoms with Gasteiger partial charge in [0.05, 0.1) is 12.0 Å². The third-order valence-electron chi connectivity index (χ3n) is 7.05. The van der Waals surface area contributed by atoms with Crippen LogP contribution >= 0.6 is 0 Å². The van der Waals surface area contributed by atoms with Gasteiger partial charge in [-0.3, -0.25) is 9.59 Å². The van der Waals surface area contributed by atoms with Gasteiger partial charge in [0.2, 0.25) is 21.8 Å². The predicted molar refractivity (Wildman–Crippen MR) is 135 cm³/mol. The molecule has 1 heterocycles. The van der Waals surface area contributed by atoms with Crippen LogP contribution in [0.15, 0.2) is 47.4 Å². The van der Waals surface area contributed by atoms with Gasteiger partial charge in [-0.15, -0.1) is 0 Å². The van der Waals surface area contributed by atoms with Crippen molar-refractivity contribution < 1.29 is 22.7 Å². The number of rotatable bonds is 7. The van der Waals surface area contributed by atoms with Crippen LogP contribution in [0.5, 0.6) is 5.75 Å². The SMILES string of the molecule is COc1ccc(NC(=O)C2CCC(CNS(=O)(=O)c3ccc4c(c3)C[C@@H](C)N4C(C)=O)CC2)cc1. The van der Waals surface area contributed by atoms with Crippen LogP contribution in [0.2, 0.25) is 0 Å². The Morgan fingerprint density at radius 2 is 1.74 bits per heavy atom. The number of methoxy groups -OCH3 is 1. The van der Waals surface area contributed by atoms with Crippen molar-refractivity contribution >= 4 is 33.2 Å². The third-order valence-corrected chi connectivity index (χ3v) is 8.47. The molecular formula is C26H33N3O5S. The Bertz CT molecular complexity index is 1190. The number of amides is 2. The highest BCUT2D eigenvalue weighted by atomic mass is 32.2. The highest BCUT2D eigenvalue weighted by molar-refractivity contribution is 7.89. The Morgan fingerprint density at radius 3 is 2.37 bits per heavy atom. The fourth-order valence-corrected chi connectivity index (χ4v) is 6.28. The van der Waals surface area contributed by atoms with Gasteiger partial charge < -0.3 is 15.0 Å². The van der Waals surface area contributed by atoms with Crippen molar-refractivity contribution in [2.75, 3.05) is 23.9 Å². The fraction of sp³-hybridized carbons (Fsp3) is 0.462. The van der Waals surface area contributed by atoms with Crippen LogP contribution in [0.3, 0.4) is 0 Å². The lowest BCUT2D eigenvalue weighted by atomic mass is 9.81. The molecule has 0 aromatic heterocycles. The molecule has 0 spiro atoms. The molecule has 2 aliphatic rings. The number of sulfonamides is 1. The van der Waals surface area contributed by atoms with Gasteiger partial charge in [-0.25, -0.2) is 13.1 Å². The van der Waals surface area contributed by atoms with E-state index in [0.717, 1.165) is 48.4 Å². The molecule has 2 N–H and O–H groups in total. The second kappa shape index (κ2) is 10.4. The maximum Gasteiger partial charge on any atom is 0.240 e. The zero-order valence-corrected chi connectivity index (χ0v) is 21.2. The van der Waals surface area contributed by atoms with E-state index in [4.69, 9.17) is 4.74 Å². The van der Waals surface area contributed by atoms with Gasteiger partial charge in [0, 0.05) is 36.8 Å². The molecule has 4 rings (SSSR count). The lowest BCUT2D eigenvalue weighted by Crippen LogP contribution is -2.34. The molecule has 0 unspecified atom stereocenters. The van der Waals surface area contributed by atoms with E-state index in [1.807, 2.05) is 19.1 Å². The largest absolute Gasteiger partial charge is 0.497 e. The zero-order chi connectivity index (χ0) is 25.2. The first kappa shape index (κ1) is 25.2. The van der Waals surface area contributed by atoms with Crippen LogP contribution < -0.4 is 19.7 Å². The quantitative estimate of drug-likeness (QED) is 0.604. The molecule has 1 saturated carbocycles. The van der Waals surface area contributed by atoms with Crippen LogP contribution in [-0.4, -0.2) is 39.9 Å². The summed E-state index contributed by atoms with van der Waals surface area (Å²) >= 11 is 0. The standard InChI is InChI=1S/C26H33N3O5S/c1-17-14-21-15-24(12-13-25(21)29(17)18(2)30)35(32,33)27-16-19-4-6-20(7-5-19)26(31)28-22-8-10-23(34-3)11-9-22/h8-13,15,17,19-20,27H,4-7,14,16H2,1-3H3,(H,28,31)/t17-,19?,20?/m1/s1. The van der Waals surface area contributed by atoms with E-state index >= 15 is 0 Å². The van der Waals surface area contributed by atoms with E-state index in [9.17, 15) is 18.0 Å². The van der Waals surface area contributed by atoms with Crippen molar-refractivity contribution in [3.05, 3.63) is 48.0 Å². The summed E-state index contributed by atoms with van der Waals surface area (Å²) in [4.78, 5) is 26.5. The first-order valence-corrected chi connectivity index (χ1v) is 13.5. The number of hydrogen-bond acceptors (Lipinski definition) is 5. The Labute approximate surface area is 207 Å². The molecule has 188 valence electrons. The highest BCUT2D eigenvalue weighted by Gasteiger charge is 2.31. The summed E-state index contributed by atoms with van der Waals surface area (Å²) in [6.45, 7) is 3.83. The molecule has 1 atom stereocenters. The maximum absolute atomic E-state index is 12.9. The van der Waals surface area contributed by atoms with E-state index in [1.165, 1.54) is 6.92 Å². The molecular weight excluding hydrogens is 466 g/mol. The van der Waals surface area contributed by atoms with Crippen molar-refractivity contribution in [2.24, 2.45) is 11.8 Å². The number of ether oxygens (including phenoxy) is 1. The number of hydrogen-bond donors (Lipinski definition) is 2. The number of nitrogens with zero attached hydrogens (tertiary/aromatic N) is 1. The van der Waals surface area contributed by atoms with Gasteiger partial charge in [0.25, 0.3) is 0 Å². The molecule has 1 fully saturated rings. The molecule has 2 aromatic carbocycles. The Morgan fingerprint density at radius 1 is 1.06 bits per heavy atom. The topological polar surface area (TPSA) is 105 Å². The average Bonchev–Trinajstić information content (AvgIpc) is 3.18. The third kappa shape index (κ3) is 5.67. The van der Waals surface area contributed by atoms with Crippen LogP contribution in [0.4, 0.5) is 11.4 Å². The summed E-state index contributed by atoms with van der Waals surface area (Å²) in [5.74, 6) is 0.809. The minimum absolute atomic E-state index is 0.00108. The molecule has 1 aliphatic heterocycles. The number of carbonyl (C=O) groups is 2. The maximum atomic E-state index is 12.9. The van der Waals surface area contributed by atoms with Crippen molar-refractivity contribution in [3.63, 3.8) is 0 Å². The number of nitrogens with one attached hydrogen (secondary N) is 2. The van der Waals surface area contributed by atoms with E-state index < -0.39 is 10.0 Å². The highest BCUT2D eigenvalue weighted by Crippen LogP contribution is 2.34. The summed E-state index contributed by atoms with van der Waals surface area (Å²) in [5.41, 5.74) is 2.40. The molecule has 8 nitrogen and oxygen atoms in total. The fourth-order valence-electron chi connectivity index (χ4n) is 5.11. The summed E-state index contributed by atoms with van der Waals surface area (Å²) < 4.78 is 33.8. The Kier molecular flexibility index (Phi) is 7.47. The Balaban J connectivity index is 1.28. The average molecular weight is 500 g/mol. The number of fused-ring (bicyclic) bond motifs is 1. The van der Waals surface area contributed by atoms with Gasteiger partial charge >= 0.3 is 0 Å².